The summed E-state index contributed by atoms with van der Waals surface area (Å²) in [6.45, 7) is 7.64. The molecule has 1 saturated carbocycles. The van der Waals surface area contributed by atoms with Crippen LogP contribution in [-0.2, 0) is 6.42 Å². The summed E-state index contributed by atoms with van der Waals surface area (Å²) in [4.78, 5) is 9.28. The van der Waals surface area contributed by atoms with Gasteiger partial charge in [0.15, 0.2) is 0 Å². The molecular formula is C16H28N4. The number of hydrogen-bond donors (Lipinski definition) is 2. The number of rotatable bonds is 6. The molecule has 1 fully saturated rings. The van der Waals surface area contributed by atoms with Crippen LogP contribution in [0, 0.1) is 12.3 Å². The van der Waals surface area contributed by atoms with Crippen LogP contribution in [0.4, 0.5) is 11.6 Å². The maximum absolute atomic E-state index is 4.70. The van der Waals surface area contributed by atoms with E-state index < -0.39 is 0 Å². The minimum absolute atomic E-state index is 0.433. The molecule has 112 valence electrons. The number of aromatic nitrogens is 2. The molecule has 2 rings (SSSR count). The number of nitrogens with zero attached hydrogens (tertiary/aromatic N) is 2. The highest BCUT2D eigenvalue weighted by Gasteiger charge is 2.28. The standard InChI is InChI=1S/C16H28N4/c1-5-8-13-19-14(17-4)12(2)15(20-13)18-11-16(3)9-6-7-10-16/h5-11H2,1-4H3,(H2,17,18,19,20). The Hall–Kier alpha value is -1.32. The van der Waals surface area contributed by atoms with Crippen molar-refractivity contribution >= 4 is 11.6 Å². The van der Waals surface area contributed by atoms with Gasteiger partial charge in [0.05, 0.1) is 0 Å². The second kappa shape index (κ2) is 6.42. The highest BCUT2D eigenvalue weighted by atomic mass is 15.1. The fourth-order valence-electron chi connectivity index (χ4n) is 3.02. The van der Waals surface area contributed by atoms with Crippen molar-refractivity contribution in [3.63, 3.8) is 0 Å². The molecule has 0 spiro atoms. The lowest BCUT2D eigenvalue weighted by Crippen LogP contribution is -2.24. The van der Waals surface area contributed by atoms with Crippen LogP contribution in [0.5, 0.6) is 0 Å². The summed E-state index contributed by atoms with van der Waals surface area (Å²) in [5.74, 6) is 2.88. The molecule has 0 unspecified atom stereocenters. The number of anilines is 2. The van der Waals surface area contributed by atoms with E-state index in [0.717, 1.165) is 42.4 Å². The molecular weight excluding hydrogens is 248 g/mol. The monoisotopic (exact) mass is 276 g/mol. The van der Waals surface area contributed by atoms with Gasteiger partial charge in [0, 0.05) is 25.6 Å². The minimum atomic E-state index is 0.433. The number of aryl methyl sites for hydroxylation is 1. The van der Waals surface area contributed by atoms with E-state index in [1.54, 1.807) is 0 Å². The summed E-state index contributed by atoms with van der Waals surface area (Å²) in [6.07, 6.45) is 7.38. The van der Waals surface area contributed by atoms with Crippen molar-refractivity contribution in [3.8, 4) is 0 Å². The van der Waals surface area contributed by atoms with Gasteiger partial charge in [-0.15, -0.1) is 0 Å². The van der Waals surface area contributed by atoms with E-state index in [0.29, 0.717) is 5.41 Å². The normalized spacial score (nSPS) is 17.2. The molecule has 1 aromatic rings. The van der Waals surface area contributed by atoms with Crippen molar-refractivity contribution in [2.45, 2.75) is 59.3 Å². The van der Waals surface area contributed by atoms with E-state index in [4.69, 9.17) is 4.98 Å². The first kappa shape index (κ1) is 15.1. The number of hydrogen-bond acceptors (Lipinski definition) is 4. The van der Waals surface area contributed by atoms with Gasteiger partial charge in [-0.3, -0.25) is 0 Å². The van der Waals surface area contributed by atoms with Crippen molar-refractivity contribution in [3.05, 3.63) is 11.4 Å². The molecule has 0 aliphatic heterocycles. The Morgan fingerprint density at radius 2 is 1.80 bits per heavy atom. The SMILES string of the molecule is CCCc1nc(NC)c(C)c(NCC2(C)CCCC2)n1. The Kier molecular flexibility index (Phi) is 4.84. The topological polar surface area (TPSA) is 49.8 Å². The van der Waals surface area contributed by atoms with Crippen LogP contribution in [0.15, 0.2) is 0 Å². The quantitative estimate of drug-likeness (QED) is 0.830. The van der Waals surface area contributed by atoms with Gasteiger partial charge in [0.2, 0.25) is 0 Å². The zero-order valence-corrected chi connectivity index (χ0v) is 13.3. The maximum atomic E-state index is 4.70. The van der Waals surface area contributed by atoms with E-state index in [1.165, 1.54) is 25.7 Å². The fraction of sp³-hybridized carbons (Fsp3) is 0.750. The highest BCUT2D eigenvalue weighted by molar-refractivity contribution is 5.57. The Morgan fingerprint density at radius 3 is 2.40 bits per heavy atom. The molecule has 0 radical (unpaired) electrons. The smallest absolute Gasteiger partial charge is 0.134 e. The Labute approximate surface area is 122 Å². The van der Waals surface area contributed by atoms with E-state index in [2.05, 4.69) is 36.4 Å². The molecule has 2 N–H and O–H groups in total. The van der Waals surface area contributed by atoms with Crippen molar-refractivity contribution in [2.75, 3.05) is 24.2 Å². The predicted molar refractivity (Wildman–Crippen MR) is 85.4 cm³/mol. The highest BCUT2D eigenvalue weighted by Crippen LogP contribution is 2.37. The van der Waals surface area contributed by atoms with E-state index in [1.807, 2.05) is 7.05 Å². The summed E-state index contributed by atoms with van der Waals surface area (Å²) in [6, 6.07) is 0. The second-order valence-corrected chi connectivity index (χ2v) is 6.33. The van der Waals surface area contributed by atoms with Gasteiger partial charge in [-0.2, -0.15) is 0 Å². The Bertz CT molecular complexity index is 450. The molecule has 0 saturated heterocycles. The van der Waals surface area contributed by atoms with Gasteiger partial charge in [0.25, 0.3) is 0 Å². The van der Waals surface area contributed by atoms with Crippen molar-refractivity contribution in [2.24, 2.45) is 5.41 Å². The molecule has 0 atom stereocenters. The Balaban J connectivity index is 2.14. The largest absolute Gasteiger partial charge is 0.373 e. The zero-order valence-electron chi connectivity index (χ0n) is 13.3. The molecule has 0 bridgehead atoms. The minimum Gasteiger partial charge on any atom is -0.373 e. The van der Waals surface area contributed by atoms with Crippen LogP contribution in [0.25, 0.3) is 0 Å². The summed E-state index contributed by atoms with van der Waals surface area (Å²) in [5, 5.41) is 6.76. The summed E-state index contributed by atoms with van der Waals surface area (Å²) in [7, 11) is 1.92. The first-order chi connectivity index (χ1) is 9.58. The molecule has 1 heterocycles. The average Bonchev–Trinajstić information content (AvgIpc) is 2.86. The summed E-state index contributed by atoms with van der Waals surface area (Å²) >= 11 is 0. The van der Waals surface area contributed by atoms with E-state index >= 15 is 0 Å². The van der Waals surface area contributed by atoms with Gasteiger partial charge in [0.1, 0.15) is 17.5 Å². The van der Waals surface area contributed by atoms with Crippen LogP contribution in [0.1, 0.15) is 57.3 Å². The summed E-state index contributed by atoms with van der Waals surface area (Å²) in [5.41, 5.74) is 1.55. The third kappa shape index (κ3) is 3.41. The lowest BCUT2D eigenvalue weighted by Gasteiger charge is -2.25. The summed E-state index contributed by atoms with van der Waals surface area (Å²) < 4.78 is 0. The molecule has 0 aromatic carbocycles. The fourth-order valence-corrected chi connectivity index (χ4v) is 3.02. The maximum Gasteiger partial charge on any atom is 0.134 e. The van der Waals surface area contributed by atoms with Crippen LogP contribution in [0.3, 0.4) is 0 Å². The van der Waals surface area contributed by atoms with Gasteiger partial charge < -0.3 is 10.6 Å². The zero-order chi connectivity index (χ0) is 14.6. The van der Waals surface area contributed by atoms with E-state index in [9.17, 15) is 0 Å². The molecule has 1 aliphatic carbocycles. The molecule has 1 aliphatic rings. The molecule has 1 aromatic heterocycles. The van der Waals surface area contributed by atoms with Gasteiger partial charge in [-0.05, 0) is 31.6 Å². The third-order valence-electron chi connectivity index (χ3n) is 4.40. The lowest BCUT2D eigenvalue weighted by molar-refractivity contribution is 0.361. The molecule has 4 nitrogen and oxygen atoms in total. The molecule has 0 amide bonds. The lowest BCUT2D eigenvalue weighted by atomic mass is 9.89. The Morgan fingerprint density at radius 1 is 1.15 bits per heavy atom. The van der Waals surface area contributed by atoms with Crippen molar-refractivity contribution in [1.82, 2.24) is 9.97 Å². The van der Waals surface area contributed by atoms with Crippen LogP contribution in [-0.4, -0.2) is 23.6 Å². The van der Waals surface area contributed by atoms with Gasteiger partial charge in [-0.1, -0.05) is 26.7 Å². The first-order valence-electron chi connectivity index (χ1n) is 7.87. The van der Waals surface area contributed by atoms with Crippen LogP contribution < -0.4 is 10.6 Å². The second-order valence-electron chi connectivity index (χ2n) is 6.33. The third-order valence-corrected chi connectivity index (χ3v) is 4.40. The van der Waals surface area contributed by atoms with Crippen molar-refractivity contribution < 1.29 is 0 Å². The van der Waals surface area contributed by atoms with Gasteiger partial charge >= 0.3 is 0 Å². The van der Waals surface area contributed by atoms with E-state index in [-0.39, 0.29) is 0 Å². The predicted octanol–water partition coefficient (Wildman–Crippen LogP) is 3.77. The average molecular weight is 276 g/mol. The van der Waals surface area contributed by atoms with Gasteiger partial charge in [-0.25, -0.2) is 9.97 Å². The number of nitrogens with one attached hydrogen (secondary N) is 2. The van der Waals surface area contributed by atoms with Crippen molar-refractivity contribution in [1.29, 1.82) is 0 Å². The molecule has 4 heteroatoms. The van der Waals surface area contributed by atoms with Crippen LogP contribution >= 0.6 is 0 Å². The first-order valence-corrected chi connectivity index (χ1v) is 7.87. The molecule has 20 heavy (non-hydrogen) atoms. The van der Waals surface area contributed by atoms with Crippen LogP contribution in [0.2, 0.25) is 0 Å².